The summed E-state index contributed by atoms with van der Waals surface area (Å²) in [5.41, 5.74) is 0.709. The van der Waals surface area contributed by atoms with E-state index in [4.69, 9.17) is 16.3 Å². The highest BCUT2D eigenvalue weighted by atomic mass is 35.5. The fourth-order valence-electron chi connectivity index (χ4n) is 4.03. The zero-order valence-electron chi connectivity index (χ0n) is 15.0. The SMILES string of the molecule is COC(=O)CC(NC(=O)NC1CCN2CCCCC12)c1ccccc1Cl. The lowest BCUT2D eigenvalue weighted by Crippen LogP contribution is -2.50. The van der Waals surface area contributed by atoms with Gasteiger partial charge >= 0.3 is 12.0 Å². The van der Waals surface area contributed by atoms with Crippen LogP contribution in [0.5, 0.6) is 0 Å². The molecule has 2 fully saturated rings. The van der Waals surface area contributed by atoms with Gasteiger partial charge in [0.25, 0.3) is 0 Å². The van der Waals surface area contributed by atoms with Crippen LogP contribution in [0.3, 0.4) is 0 Å². The van der Waals surface area contributed by atoms with Crippen molar-refractivity contribution in [3.8, 4) is 0 Å². The minimum atomic E-state index is -0.528. The van der Waals surface area contributed by atoms with Crippen molar-refractivity contribution in [3.05, 3.63) is 34.9 Å². The van der Waals surface area contributed by atoms with Gasteiger partial charge in [-0.3, -0.25) is 9.69 Å². The normalized spacial score (nSPS) is 23.8. The Labute approximate surface area is 159 Å². The summed E-state index contributed by atoms with van der Waals surface area (Å²) in [5, 5.41) is 6.52. The molecule has 0 radical (unpaired) electrons. The van der Waals surface area contributed by atoms with Gasteiger partial charge in [0.05, 0.1) is 19.6 Å². The second-order valence-electron chi connectivity index (χ2n) is 6.97. The number of rotatable bonds is 5. The van der Waals surface area contributed by atoms with Gasteiger partial charge < -0.3 is 15.4 Å². The number of halogens is 1. The summed E-state index contributed by atoms with van der Waals surface area (Å²) in [4.78, 5) is 26.8. The van der Waals surface area contributed by atoms with Crippen LogP contribution in [0.15, 0.2) is 24.3 Å². The second kappa shape index (κ2) is 8.73. The van der Waals surface area contributed by atoms with Crippen molar-refractivity contribution in [1.29, 1.82) is 0 Å². The van der Waals surface area contributed by atoms with Crippen LogP contribution in [0.25, 0.3) is 0 Å². The Bertz CT molecular complexity index is 655. The van der Waals surface area contributed by atoms with Crippen LogP contribution in [0.2, 0.25) is 5.02 Å². The first-order valence-electron chi connectivity index (χ1n) is 9.21. The van der Waals surface area contributed by atoms with Crippen molar-refractivity contribution in [2.75, 3.05) is 20.2 Å². The van der Waals surface area contributed by atoms with E-state index >= 15 is 0 Å². The van der Waals surface area contributed by atoms with E-state index in [9.17, 15) is 9.59 Å². The van der Waals surface area contributed by atoms with Gasteiger partial charge in [0.1, 0.15) is 0 Å². The highest BCUT2D eigenvalue weighted by Crippen LogP contribution is 2.28. The Morgan fingerprint density at radius 3 is 2.85 bits per heavy atom. The first kappa shape index (κ1) is 19.0. The van der Waals surface area contributed by atoms with Gasteiger partial charge in [0.15, 0.2) is 0 Å². The van der Waals surface area contributed by atoms with Crippen LogP contribution in [0.4, 0.5) is 4.79 Å². The summed E-state index contributed by atoms with van der Waals surface area (Å²) in [5.74, 6) is -0.394. The van der Waals surface area contributed by atoms with Gasteiger partial charge in [-0.1, -0.05) is 36.2 Å². The van der Waals surface area contributed by atoms with Crippen LogP contribution in [0, 0.1) is 0 Å². The number of urea groups is 1. The maximum absolute atomic E-state index is 12.6. The van der Waals surface area contributed by atoms with E-state index in [1.54, 1.807) is 6.07 Å². The van der Waals surface area contributed by atoms with Crippen LogP contribution < -0.4 is 10.6 Å². The van der Waals surface area contributed by atoms with Crippen molar-refractivity contribution in [2.45, 2.75) is 50.2 Å². The third-order valence-corrected chi connectivity index (χ3v) is 5.70. The summed E-state index contributed by atoms with van der Waals surface area (Å²) in [6, 6.07) is 7.00. The Morgan fingerprint density at radius 2 is 2.08 bits per heavy atom. The molecule has 3 unspecified atom stereocenters. The number of ether oxygens (including phenoxy) is 1. The number of carbonyl (C=O) groups is 2. The smallest absolute Gasteiger partial charge is 0.315 e. The topological polar surface area (TPSA) is 70.7 Å². The number of esters is 1. The minimum absolute atomic E-state index is 0.0356. The Morgan fingerprint density at radius 1 is 1.27 bits per heavy atom. The van der Waals surface area contributed by atoms with Crippen LogP contribution >= 0.6 is 11.6 Å². The van der Waals surface area contributed by atoms with E-state index in [1.165, 1.54) is 20.0 Å². The monoisotopic (exact) mass is 379 g/mol. The fourth-order valence-corrected chi connectivity index (χ4v) is 4.30. The molecule has 2 saturated heterocycles. The number of methoxy groups -OCH3 is 1. The Kier molecular flexibility index (Phi) is 6.38. The van der Waals surface area contributed by atoms with Crippen molar-refractivity contribution in [2.24, 2.45) is 0 Å². The van der Waals surface area contributed by atoms with Crippen molar-refractivity contribution in [3.63, 3.8) is 0 Å². The molecule has 26 heavy (non-hydrogen) atoms. The molecular formula is C19H26ClN3O3. The fraction of sp³-hybridized carbons (Fsp3) is 0.579. The highest BCUT2D eigenvalue weighted by molar-refractivity contribution is 6.31. The van der Waals surface area contributed by atoms with Gasteiger partial charge in [-0.05, 0) is 37.4 Å². The number of nitrogens with one attached hydrogen (secondary N) is 2. The number of piperidine rings is 1. The van der Waals surface area contributed by atoms with E-state index in [-0.39, 0.29) is 18.5 Å². The molecule has 6 nitrogen and oxygen atoms in total. The van der Waals surface area contributed by atoms with Gasteiger partial charge in [-0.2, -0.15) is 0 Å². The average Bonchev–Trinajstić information content (AvgIpc) is 3.04. The molecule has 0 spiro atoms. The largest absolute Gasteiger partial charge is 0.469 e. The molecule has 2 aliphatic heterocycles. The van der Waals surface area contributed by atoms with Gasteiger partial charge in [-0.15, -0.1) is 0 Å². The van der Waals surface area contributed by atoms with Crippen molar-refractivity contribution in [1.82, 2.24) is 15.5 Å². The molecule has 2 amide bonds. The zero-order chi connectivity index (χ0) is 18.5. The highest BCUT2D eigenvalue weighted by Gasteiger charge is 2.36. The number of benzene rings is 1. The summed E-state index contributed by atoms with van der Waals surface area (Å²) < 4.78 is 4.77. The van der Waals surface area contributed by atoms with Gasteiger partial charge in [-0.25, -0.2) is 4.79 Å². The van der Waals surface area contributed by atoms with Crippen molar-refractivity contribution < 1.29 is 14.3 Å². The third kappa shape index (κ3) is 4.48. The first-order valence-corrected chi connectivity index (χ1v) is 9.58. The lowest BCUT2D eigenvalue weighted by Gasteiger charge is -2.32. The first-order chi connectivity index (χ1) is 12.6. The lowest BCUT2D eigenvalue weighted by molar-refractivity contribution is -0.141. The standard InChI is InChI=1S/C19H26ClN3O3/c1-26-18(24)12-16(13-6-2-3-7-14(13)20)22-19(25)21-15-9-11-23-10-5-4-8-17(15)23/h2-3,6-7,15-17H,4-5,8-12H2,1H3,(H2,21,22,25). The van der Waals surface area contributed by atoms with Crippen LogP contribution in [-0.4, -0.2) is 49.2 Å². The van der Waals surface area contributed by atoms with E-state index < -0.39 is 12.0 Å². The summed E-state index contributed by atoms with van der Waals surface area (Å²) in [7, 11) is 1.34. The predicted octanol–water partition coefficient (Wildman–Crippen LogP) is 2.87. The molecule has 1 aromatic rings. The maximum Gasteiger partial charge on any atom is 0.315 e. The van der Waals surface area contributed by atoms with E-state index in [0.29, 0.717) is 16.6 Å². The number of hydrogen-bond donors (Lipinski definition) is 2. The summed E-state index contributed by atoms with van der Waals surface area (Å²) in [6.07, 6.45) is 4.58. The summed E-state index contributed by atoms with van der Waals surface area (Å²) >= 11 is 6.26. The third-order valence-electron chi connectivity index (χ3n) is 5.36. The average molecular weight is 380 g/mol. The van der Waals surface area contributed by atoms with E-state index in [2.05, 4.69) is 15.5 Å². The van der Waals surface area contributed by atoms with E-state index in [1.807, 2.05) is 18.2 Å². The van der Waals surface area contributed by atoms with E-state index in [0.717, 1.165) is 25.9 Å². The second-order valence-corrected chi connectivity index (χ2v) is 7.37. The molecule has 3 atom stereocenters. The molecule has 2 aliphatic rings. The number of nitrogens with zero attached hydrogens (tertiary/aromatic N) is 1. The number of amides is 2. The number of fused-ring (bicyclic) bond motifs is 1. The molecule has 7 heteroatoms. The Hall–Kier alpha value is -1.79. The molecule has 0 bridgehead atoms. The molecule has 0 aromatic heterocycles. The molecule has 3 rings (SSSR count). The van der Waals surface area contributed by atoms with Crippen LogP contribution in [-0.2, 0) is 9.53 Å². The number of carbonyl (C=O) groups excluding carboxylic acids is 2. The van der Waals surface area contributed by atoms with Gasteiger partial charge in [0, 0.05) is 23.7 Å². The molecular weight excluding hydrogens is 354 g/mol. The minimum Gasteiger partial charge on any atom is -0.469 e. The molecule has 0 saturated carbocycles. The lowest BCUT2D eigenvalue weighted by atomic mass is 9.99. The molecule has 2 N–H and O–H groups in total. The summed E-state index contributed by atoms with van der Waals surface area (Å²) in [6.45, 7) is 2.15. The molecule has 142 valence electrons. The molecule has 1 aromatic carbocycles. The number of hydrogen-bond acceptors (Lipinski definition) is 4. The van der Waals surface area contributed by atoms with Gasteiger partial charge in [0.2, 0.25) is 0 Å². The predicted molar refractivity (Wildman–Crippen MR) is 100 cm³/mol. The Balaban J connectivity index is 1.65. The molecule has 2 heterocycles. The van der Waals surface area contributed by atoms with Crippen molar-refractivity contribution >= 4 is 23.6 Å². The maximum atomic E-state index is 12.6. The molecule has 0 aliphatic carbocycles. The zero-order valence-corrected chi connectivity index (χ0v) is 15.8. The van der Waals surface area contributed by atoms with Crippen LogP contribution in [0.1, 0.15) is 43.7 Å². The quantitative estimate of drug-likeness (QED) is 0.772.